The highest BCUT2D eigenvalue weighted by Gasteiger charge is 2.00. The molecule has 0 bridgehead atoms. The molecule has 2 rings (SSSR count). The van der Waals surface area contributed by atoms with E-state index in [1.165, 1.54) is 0 Å². The molecule has 1 aromatic heterocycles. The minimum Gasteiger partial charge on any atom is -0.373 e. The molecule has 3 nitrogen and oxygen atoms in total. The molecule has 5 heteroatoms. The van der Waals surface area contributed by atoms with Crippen molar-refractivity contribution >= 4 is 44.7 Å². The van der Waals surface area contributed by atoms with Crippen molar-refractivity contribution in [2.24, 2.45) is 0 Å². The molecule has 1 aromatic carbocycles. The van der Waals surface area contributed by atoms with Gasteiger partial charge >= 0.3 is 0 Å². The van der Waals surface area contributed by atoms with Crippen LogP contribution in [0, 0.1) is 0 Å². The highest BCUT2D eigenvalue weighted by molar-refractivity contribution is 9.10. The Balaban J connectivity index is 2.22. The quantitative estimate of drug-likeness (QED) is 0.888. The van der Waals surface area contributed by atoms with E-state index in [2.05, 4.69) is 31.5 Å². The molecule has 0 aliphatic rings. The van der Waals surface area contributed by atoms with Crippen LogP contribution in [0.1, 0.15) is 0 Å². The molecule has 17 heavy (non-hydrogen) atoms. The molecular weight excluding hydrogens is 302 g/mol. The van der Waals surface area contributed by atoms with Gasteiger partial charge < -0.3 is 10.6 Å². The maximum Gasteiger partial charge on any atom is 0.127 e. The standard InChI is InChI=1S/C12H11BrClN3/c1-15-12-7-9(4-5-16-12)17-8-2-3-10(13)11(14)6-8/h2-7H,1H3,(H2,15,16,17). The summed E-state index contributed by atoms with van der Waals surface area (Å²) in [5, 5.41) is 6.93. The SMILES string of the molecule is CNc1cc(Nc2ccc(Br)c(Cl)c2)ccn1. The summed E-state index contributed by atoms with van der Waals surface area (Å²) in [6.07, 6.45) is 1.74. The average molecular weight is 313 g/mol. The van der Waals surface area contributed by atoms with Gasteiger partial charge in [0, 0.05) is 35.2 Å². The van der Waals surface area contributed by atoms with Gasteiger partial charge in [-0.15, -0.1) is 0 Å². The third-order valence-electron chi connectivity index (χ3n) is 2.22. The summed E-state index contributed by atoms with van der Waals surface area (Å²) in [7, 11) is 1.84. The van der Waals surface area contributed by atoms with Crippen molar-refractivity contribution in [1.82, 2.24) is 4.98 Å². The van der Waals surface area contributed by atoms with Crippen molar-refractivity contribution in [2.45, 2.75) is 0 Å². The Kier molecular flexibility index (Phi) is 3.86. The summed E-state index contributed by atoms with van der Waals surface area (Å²) < 4.78 is 0.885. The summed E-state index contributed by atoms with van der Waals surface area (Å²) in [5.74, 6) is 0.818. The van der Waals surface area contributed by atoms with Gasteiger partial charge in [0.05, 0.1) is 5.02 Å². The first-order valence-electron chi connectivity index (χ1n) is 5.05. The van der Waals surface area contributed by atoms with Crippen molar-refractivity contribution < 1.29 is 0 Å². The minimum atomic E-state index is 0.679. The van der Waals surface area contributed by atoms with Gasteiger partial charge in [0.25, 0.3) is 0 Å². The van der Waals surface area contributed by atoms with Crippen LogP contribution >= 0.6 is 27.5 Å². The van der Waals surface area contributed by atoms with E-state index in [1.807, 2.05) is 37.4 Å². The summed E-state index contributed by atoms with van der Waals surface area (Å²) in [6.45, 7) is 0. The lowest BCUT2D eigenvalue weighted by Gasteiger charge is -2.08. The molecule has 0 saturated carbocycles. The fraction of sp³-hybridized carbons (Fsp3) is 0.0833. The number of rotatable bonds is 3. The Bertz CT molecular complexity index is 531. The second-order valence-corrected chi connectivity index (χ2v) is 4.70. The first-order valence-corrected chi connectivity index (χ1v) is 6.22. The number of nitrogens with zero attached hydrogens (tertiary/aromatic N) is 1. The van der Waals surface area contributed by atoms with E-state index in [0.717, 1.165) is 21.7 Å². The first-order chi connectivity index (χ1) is 8.19. The molecule has 2 N–H and O–H groups in total. The highest BCUT2D eigenvalue weighted by Crippen LogP contribution is 2.27. The molecule has 0 saturated heterocycles. The van der Waals surface area contributed by atoms with Crippen LogP contribution in [0.5, 0.6) is 0 Å². The zero-order valence-corrected chi connectivity index (χ0v) is 11.5. The van der Waals surface area contributed by atoms with Crippen molar-refractivity contribution in [3.05, 3.63) is 46.0 Å². The topological polar surface area (TPSA) is 37.0 Å². The molecule has 0 unspecified atom stereocenters. The molecule has 0 radical (unpaired) electrons. The number of halogens is 2. The monoisotopic (exact) mass is 311 g/mol. The molecule has 0 fully saturated rings. The summed E-state index contributed by atoms with van der Waals surface area (Å²) in [5.41, 5.74) is 1.90. The van der Waals surface area contributed by atoms with Crippen molar-refractivity contribution in [1.29, 1.82) is 0 Å². The molecule has 1 heterocycles. The number of pyridine rings is 1. The number of anilines is 3. The Hall–Kier alpha value is -1.26. The smallest absolute Gasteiger partial charge is 0.127 e. The van der Waals surface area contributed by atoms with Gasteiger partial charge in [-0.3, -0.25) is 0 Å². The van der Waals surface area contributed by atoms with Crippen LogP contribution in [0.4, 0.5) is 17.2 Å². The van der Waals surface area contributed by atoms with Crippen LogP contribution in [-0.2, 0) is 0 Å². The number of benzene rings is 1. The van der Waals surface area contributed by atoms with E-state index in [4.69, 9.17) is 11.6 Å². The van der Waals surface area contributed by atoms with Crippen LogP contribution < -0.4 is 10.6 Å². The van der Waals surface area contributed by atoms with Gasteiger partial charge in [-0.25, -0.2) is 4.98 Å². The van der Waals surface area contributed by atoms with Gasteiger partial charge in [0.15, 0.2) is 0 Å². The predicted molar refractivity (Wildman–Crippen MR) is 76.2 cm³/mol. The minimum absolute atomic E-state index is 0.679. The molecule has 0 aliphatic heterocycles. The Morgan fingerprint density at radius 1 is 1.18 bits per heavy atom. The third kappa shape index (κ3) is 3.11. The van der Waals surface area contributed by atoms with E-state index in [0.29, 0.717) is 5.02 Å². The highest BCUT2D eigenvalue weighted by atomic mass is 79.9. The summed E-state index contributed by atoms with van der Waals surface area (Å²) in [4.78, 5) is 4.15. The fourth-order valence-electron chi connectivity index (χ4n) is 1.39. The normalized spacial score (nSPS) is 10.1. The maximum atomic E-state index is 6.03. The third-order valence-corrected chi connectivity index (χ3v) is 3.46. The lowest BCUT2D eigenvalue weighted by atomic mass is 10.3. The van der Waals surface area contributed by atoms with Gasteiger partial charge in [-0.1, -0.05) is 11.6 Å². The lowest BCUT2D eigenvalue weighted by molar-refractivity contribution is 1.28. The lowest BCUT2D eigenvalue weighted by Crippen LogP contribution is -1.95. The number of hydrogen-bond acceptors (Lipinski definition) is 3. The maximum absolute atomic E-state index is 6.03. The van der Waals surface area contributed by atoms with Crippen molar-refractivity contribution in [3.63, 3.8) is 0 Å². The second kappa shape index (κ2) is 5.38. The second-order valence-electron chi connectivity index (χ2n) is 3.43. The Morgan fingerprint density at radius 2 is 1.94 bits per heavy atom. The predicted octanol–water partition coefficient (Wildman–Crippen LogP) is 4.28. The zero-order valence-electron chi connectivity index (χ0n) is 9.17. The number of hydrogen-bond donors (Lipinski definition) is 2. The van der Waals surface area contributed by atoms with E-state index < -0.39 is 0 Å². The van der Waals surface area contributed by atoms with Crippen LogP contribution in [0.3, 0.4) is 0 Å². The Labute approximate surface area is 113 Å². The molecule has 0 aliphatic carbocycles. The summed E-state index contributed by atoms with van der Waals surface area (Å²) >= 11 is 9.38. The van der Waals surface area contributed by atoms with Crippen LogP contribution in [0.25, 0.3) is 0 Å². The average Bonchev–Trinajstić information content (AvgIpc) is 2.34. The van der Waals surface area contributed by atoms with Crippen LogP contribution in [0.15, 0.2) is 41.0 Å². The molecular formula is C12H11BrClN3. The summed E-state index contributed by atoms with van der Waals surface area (Å²) in [6, 6.07) is 9.55. The molecule has 0 atom stereocenters. The van der Waals surface area contributed by atoms with Crippen LogP contribution in [0.2, 0.25) is 5.02 Å². The largest absolute Gasteiger partial charge is 0.373 e. The van der Waals surface area contributed by atoms with Gasteiger partial charge in [0.2, 0.25) is 0 Å². The van der Waals surface area contributed by atoms with Crippen molar-refractivity contribution in [3.8, 4) is 0 Å². The van der Waals surface area contributed by atoms with Crippen molar-refractivity contribution in [2.75, 3.05) is 17.7 Å². The van der Waals surface area contributed by atoms with Gasteiger partial charge in [-0.2, -0.15) is 0 Å². The number of nitrogens with one attached hydrogen (secondary N) is 2. The van der Waals surface area contributed by atoms with E-state index in [-0.39, 0.29) is 0 Å². The zero-order chi connectivity index (χ0) is 12.3. The molecule has 0 amide bonds. The van der Waals surface area contributed by atoms with E-state index >= 15 is 0 Å². The Morgan fingerprint density at radius 3 is 2.65 bits per heavy atom. The molecule has 88 valence electrons. The van der Waals surface area contributed by atoms with Crippen LogP contribution in [-0.4, -0.2) is 12.0 Å². The van der Waals surface area contributed by atoms with Gasteiger partial charge in [-0.05, 0) is 40.2 Å². The van der Waals surface area contributed by atoms with Gasteiger partial charge in [0.1, 0.15) is 5.82 Å². The fourth-order valence-corrected chi connectivity index (χ4v) is 1.81. The number of aromatic nitrogens is 1. The molecule has 0 spiro atoms. The molecule has 2 aromatic rings. The van der Waals surface area contributed by atoms with E-state index in [1.54, 1.807) is 6.20 Å². The first kappa shape index (κ1) is 12.2. The van der Waals surface area contributed by atoms with E-state index in [9.17, 15) is 0 Å².